The number of carbonyl (C=O) groups excluding carboxylic acids is 2. The van der Waals surface area contributed by atoms with Crippen molar-refractivity contribution in [1.82, 2.24) is 4.90 Å². The van der Waals surface area contributed by atoms with Gasteiger partial charge in [-0.1, -0.05) is 46.4 Å². The molecule has 3 atom stereocenters. The molecule has 236 valence electrons. The second-order valence-electron chi connectivity index (χ2n) is 9.89. The number of carbonyl (C=O) groups is 2. The quantitative estimate of drug-likeness (QED) is 0.0699. The van der Waals surface area contributed by atoms with Gasteiger partial charge in [0.1, 0.15) is 12.4 Å². The van der Waals surface area contributed by atoms with Gasteiger partial charge in [0.05, 0.1) is 33.0 Å². The molecule has 2 aliphatic heterocycles. The van der Waals surface area contributed by atoms with Crippen molar-refractivity contribution in [3.63, 3.8) is 0 Å². The zero-order chi connectivity index (χ0) is 32.6. The van der Waals surface area contributed by atoms with Crippen LogP contribution in [-0.4, -0.2) is 39.0 Å². The maximum atomic E-state index is 14.3. The van der Waals surface area contributed by atoms with Crippen LogP contribution in [0.25, 0.3) is 0 Å². The number of ether oxygens (including phenoxy) is 1. The van der Waals surface area contributed by atoms with Gasteiger partial charge in [-0.15, -0.1) is 0 Å². The molecule has 0 saturated carbocycles. The molecule has 1 amide bonds. The first-order valence-electron chi connectivity index (χ1n) is 13.0. The molecule has 0 aromatic heterocycles. The largest absolute Gasteiger partial charge is 0.646 e. The highest BCUT2D eigenvalue weighted by molar-refractivity contribution is 7.49. The molecule has 3 aromatic rings. The van der Waals surface area contributed by atoms with Crippen molar-refractivity contribution in [2.24, 2.45) is 5.92 Å². The van der Waals surface area contributed by atoms with Gasteiger partial charge in [0.2, 0.25) is 5.91 Å². The zero-order valence-electron chi connectivity index (χ0n) is 22.9. The molecule has 1 saturated heterocycles. The lowest BCUT2D eigenvalue weighted by Gasteiger charge is -2.44. The number of hydrogen-bond donors (Lipinski definition) is 1. The van der Waals surface area contributed by atoms with Crippen LogP contribution >= 0.6 is 54.2 Å². The number of nitro benzene ring substituents is 1. The minimum Gasteiger partial charge on any atom is -0.456 e. The summed E-state index contributed by atoms with van der Waals surface area (Å²) >= 11 is 24.5. The lowest BCUT2D eigenvalue weighted by atomic mass is 9.83. The summed E-state index contributed by atoms with van der Waals surface area (Å²) in [5, 5.41) is 21.6. The lowest BCUT2D eigenvalue weighted by molar-refractivity contribution is -0.384. The summed E-state index contributed by atoms with van der Waals surface area (Å²) in [5.74, 6) is -3.11. The van der Waals surface area contributed by atoms with Gasteiger partial charge in [0.15, 0.2) is 17.2 Å². The smallest absolute Gasteiger partial charge is 0.456 e. The number of benzene rings is 3. The third-order valence-electron chi connectivity index (χ3n) is 6.83. The molecule has 12 nitrogen and oxygen atoms in total. The van der Waals surface area contributed by atoms with Crippen molar-refractivity contribution in [3.05, 3.63) is 108 Å². The molecule has 3 aromatic carbocycles. The third kappa shape index (κ3) is 7.01. The average molecular weight is 718 g/mol. The molecule has 45 heavy (non-hydrogen) atoms. The van der Waals surface area contributed by atoms with Crippen LogP contribution in [0.4, 0.5) is 5.69 Å². The van der Waals surface area contributed by atoms with Crippen molar-refractivity contribution in [2.45, 2.75) is 32.1 Å². The molecule has 1 N–H and O–H groups in total. The standard InChI is InChI=1S/C28H21Cl4N2O10P/c1-14(35)25-21-12-24(26(33(21)27(25)36)28(37)41-13-15-2-6-18(7-3-15)34(38)39)44-45(40,42-22-8-4-16(29)10-19(22)31)43-23-9-5-17(30)11-20(23)32/h2-11,14,21,25,35H,12-13H2,1H3/t14-,21-,25-/m1/s1. The van der Waals surface area contributed by atoms with Gasteiger partial charge in [-0.2, -0.15) is 4.57 Å². The highest BCUT2D eigenvalue weighted by atomic mass is 35.5. The summed E-state index contributed by atoms with van der Waals surface area (Å²) in [4.78, 5) is 37.9. The van der Waals surface area contributed by atoms with Gasteiger partial charge < -0.3 is 23.4 Å². The number of halogens is 4. The second-order valence-corrected chi connectivity index (χ2v) is 13.0. The molecule has 0 spiro atoms. The third-order valence-corrected chi connectivity index (χ3v) is 9.17. The van der Waals surface area contributed by atoms with E-state index in [0.29, 0.717) is 5.56 Å². The molecular formula is C28H21Cl4N2O10P. The number of nitro groups is 1. The normalized spacial score (nSPS) is 18.2. The van der Waals surface area contributed by atoms with Crippen molar-refractivity contribution in [2.75, 3.05) is 0 Å². The number of amides is 1. The van der Waals surface area contributed by atoms with E-state index >= 15 is 0 Å². The molecule has 2 aliphatic rings. The molecular weight excluding hydrogens is 697 g/mol. The van der Waals surface area contributed by atoms with E-state index in [1.807, 2.05) is 0 Å². The van der Waals surface area contributed by atoms with Gasteiger partial charge >= 0.3 is 13.8 Å². The highest BCUT2D eigenvalue weighted by Crippen LogP contribution is 2.57. The molecule has 17 heteroatoms. The molecule has 5 rings (SSSR count). The van der Waals surface area contributed by atoms with Crippen LogP contribution in [0.5, 0.6) is 11.5 Å². The van der Waals surface area contributed by atoms with Crippen LogP contribution in [0, 0.1) is 16.0 Å². The maximum Gasteiger partial charge on any atom is 0.646 e. The SMILES string of the molecule is C[C@@H](O)[C@H]1C(=O)N2C(C(=O)OCc3ccc([N+](=O)[O-])cc3)=C(OP(=O)(Oc3ccc(Cl)cc3Cl)Oc3ccc(Cl)cc3Cl)C[C@H]12. The number of non-ortho nitro benzene ring substituents is 1. The Morgan fingerprint density at radius 1 is 1.00 bits per heavy atom. The predicted octanol–water partition coefficient (Wildman–Crippen LogP) is 7.36. The Kier molecular flexibility index (Phi) is 9.55. The summed E-state index contributed by atoms with van der Waals surface area (Å²) in [6, 6.07) is 12.6. The Labute approximate surface area is 275 Å². The Bertz CT molecular complexity index is 1710. The number of aliphatic hydroxyl groups is 1. The monoisotopic (exact) mass is 716 g/mol. The Balaban J connectivity index is 1.49. The number of rotatable bonds is 11. The zero-order valence-corrected chi connectivity index (χ0v) is 26.8. The van der Waals surface area contributed by atoms with E-state index in [1.165, 1.54) is 67.6 Å². The Morgan fingerprint density at radius 3 is 2.04 bits per heavy atom. The fraction of sp³-hybridized carbons (Fsp3) is 0.214. The highest BCUT2D eigenvalue weighted by Gasteiger charge is 2.59. The number of nitrogens with zero attached hydrogens (tertiary/aromatic N) is 2. The average Bonchev–Trinajstić information content (AvgIpc) is 3.28. The molecule has 0 bridgehead atoms. The molecule has 0 radical (unpaired) electrons. The van der Waals surface area contributed by atoms with Crippen LogP contribution in [0.2, 0.25) is 20.1 Å². The summed E-state index contributed by atoms with van der Waals surface area (Å²) in [6.07, 6.45) is -1.24. The summed E-state index contributed by atoms with van der Waals surface area (Å²) in [6.45, 7) is 1.10. The van der Waals surface area contributed by atoms with E-state index < -0.39 is 42.7 Å². The van der Waals surface area contributed by atoms with E-state index in [2.05, 4.69) is 0 Å². The topological polar surface area (TPSA) is 155 Å². The maximum absolute atomic E-state index is 14.3. The van der Waals surface area contributed by atoms with Crippen LogP contribution in [-0.2, 0) is 30.0 Å². The number of β-lactam (4-membered cyclic amide) rings is 1. The summed E-state index contributed by atoms with van der Waals surface area (Å²) < 4.78 is 36.8. The lowest BCUT2D eigenvalue weighted by Crippen LogP contribution is -2.61. The van der Waals surface area contributed by atoms with E-state index in [1.54, 1.807) is 0 Å². The summed E-state index contributed by atoms with van der Waals surface area (Å²) in [7, 11) is -4.84. The molecule has 0 unspecified atom stereocenters. The van der Waals surface area contributed by atoms with Crippen LogP contribution in [0.3, 0.4) is 0 Å². The first kappa shape index (κ1) is 32.9. The number of phosphoric ester groups is 1. The minimum absolute atomic E-state index is 0.0478. The van der Waals surface area contributed by atoms with Crippen molar-refractivity contribution in [1.29, 1.82) is 0 Å². The number of aliphatic hydroxyl groups excluding tert-OH is 1. The minimum atomic E-state index is -4.84. The van der Waals surface area contributed by atoms with Gasteiger partial charge in [-0.05, 0) is 61.0 Å². The first-order valence-corrected chi connectivity index (χ1v) is 16.0. The predicted molar refractivity (Wildman–Crippen MR) is 163 cm³/mol. The van der Waals surface area contributed by atoms with Crippen molar-refractivity contribution < 1.29 is 42.5 Å². The van der Waals surface area contributed by atoms with Gasteiger partial charge in [0.25, 0.3) is 5.69 Å². The van der Waals surface area contributed by atoms with Gasteiger partial charge in [-0.25, -0.2) is 4.79 Å². The van der Waals surface area contributed by atoms with Crippen LogP contribution < -0.4 is 9.05 Å². The van der Waals surface area contributed by atoms with Gasteiger partial charge in [-0.3, -0.25) is 19.8 Å². The Hall–Kier alpha value is -3.51. The number of phosphoric acid groups is 1. The fourth-order valence-corrected chi connectivity index (χ4v) is 7.11. The van der Waals surface area contributed by atoms with Gasteiger partial charge in [0, 0.05) is 28.6 Å². The van der Waals surface area contributed by atoms with Crippen molar-refractivity contribution >= 4 is 71.8 Å². The molecule has 2 heterocycles. The number of fused-ring (bicyclic) bond motifs is 1. The van der Waals surface area contributed by atoms with E-state index in [-0.39, 0.29) is 61.8 Å². The van der Waals surface area contributed by atoms with Crippen molar-refractivity contribution in [3.8, 4) is 11.5 Å². The van der Waals surface area contributed by atoms with E-state index in [9.17, 15) is 29.4 Å². The molecule has 0 aliphatic carbocycles. The van der Waals surface area contributed by atoms with Crippen LogP contribution in [0.15, 0.2) is 72.1 Å². The number of esters is 1. The number of hydrogen-bond acceptors (Lipinski definition) is 10. The van der Waals surface area contributed by atoms with E-state index in [4.69, 9.17) is 64.7 Å². The second kappa shape index (κ2) is 13.1. The Morgan fingerprint density at radius 2 is 1.56 bits per heavy atom. The molecule has 1 fully saturated rings. The first-order chi connectivity index (χ1) is 21.3. The van der Waals surface area contributed by atoms with E-state index in [0.717, 1.165) is 4.90 Å². The fourth-order valence-electron chi connectivity index (χ4n) is 4.76. The van der Waals surface area contributed by atoms with Crippen LogP contribution in [0.1, 0.15) is 18.9 Å². The summed E-state index contributed by atoms with van der Waals surface area (Å²) in [5.41, 5.74) is -0.133.